The van der Waals surface area contributed by atoms with Crippen molar-refractivity contribution in [3.05, 3.63) is 59.7 Å². The summed E-state index contributed by atoms with van der Waals surface area (Å²) in [5, 5.41) is 8.88. The van der Waals surface area contributed by atoms with Crippen LogP contribution in [0.1, 0.15) is 30.0 Å². The summed E-state index contributed by atoms with van der Waals surface area (Å²) in [6.45, 7) is 0.649. The van der Waals surface area contributed by atoms with Crippen molar-refractivity contribution >= 4 is 0 Å². The van der Waals surface area contributed by atoms with E-state index in [4.69, 9.17) is 20.3 Å². The molecule has 0 bridgehead atoms. The van der Waals surface area contributed by atoms with E-state index in [1.165, 1.54) is 0 Å². The summed E-state index contributed by atoms with van der Waals surface area (Å²) < 4.78 is 11.2. The van der Waals surface area contributed by atoms with Crippen molar-refractivity contribution in [1.29, 1.82) is 0 Å². The predicted molar refractivity (Wildman–Crippen MR) is 87.0 cm³/mol. The molecule has 0 amide bonds. The molecule has 2 rings (SSSR count). The van der Waals surface area contributed by atoms with Crippen molar-refractivity contribution in [2.45, 2.75) is 25.5 Å². The molecule has 4 nitrogen and oxygen atoms in total. The Morgan fingerprint density at radius 1 is 1.09 bits per heavy atom. The van der Waals surface area contributed by atoms with Crippen LogP contribution in [-0.2, 0) is 6.61 Å². The van der Waals surface area contributed by atoms with E-state index in [2.05, 4.69) is 0 Å². The van der Waals surface area contributed by atoms with Gasteiger partial charge < -0.3 is 20.3 Å². The van der Waals surface area contributed by atoms with Crippen LogP contribution in [0.5, 0.6) is 11.5 Å². The van der Waals surface area contributed by atoms with Crippen LogP contribution in [-0.4, -0.2) is 18.8 Å². The molecule has 0 unspecified atom stereocenters. The number of aliphatic hydroxyl groups is 1. The van der Waals surface area contributed by atoms with Crippen LogP contribution in [0, 0.1) is 0 Å². The minimum Gasteiger partial charge on any atom is -0.493 e. The minimum absolute atomic E-state index is 0.107. The standard InChI is InChI=1S/C18H23NO3/c1-21-18-12-15(16(19)8-5-11-20)9-10-17(18)22-13-14-6-3-2-4-7-14/h2-4,6-7,9-10,12,16,20H,5,8,11,13,19H2,1H3/t16-/m1/s1. The van der Waals surface area contributed by atoms with Crippen molar-refractivity contribution in [2.75, 3.05) is 13.7 Å². The number of hydrogen-bond donors (Lipinski definition) is 2. The average Bonchev–Trinajstić information content (AvgIpc) is 2.58. The summed E-state index contributed by atoms with van der Waals surface area (Å²) in [6.07, 6.45) is 1.43. The zero-order valence-corrected chi connectivity index (χ0v) is 12.9. The number of ether oxygens (including phenoxy) is 2. The molecule has 0 fully saturated rings. The molecule has 0 heterocycles. The van der Waals surface area contributed by atoms with Crippen LogP contribution in [0.2, 0.25) is 0 Å². The van der Waals surface area contributed by atoms with Crippen molar-refractivity contribution in [3.63, 3.8) is 0 Å². The molecule has 4 heteroatoms. The van der Waals surface area contributed by atoms with Gasteiger partial charge in [0.15, 0.2) is 11.5 Å². The van der Waals surface area contributed by atoms with E-state index in [0.717, 1.165) is 17.5 Å². The topological polar surface area (TPSA) is 64.7 Å². The smallest absolute Gasteiger partial charge is 0.161 e. The Kier molecular flexibility index (Phi) is 6.25. The maximum absolute atomic E-state index is 8.88. The van der Waals surface area contributed by atoms with Crippen molar-refractivity contribution in [2.24, 2.45) is 5.73 Å². The van der Waals surface area contributed by atoms with Gasteiger partial charge in [-0.15, -0.1) is 0 Å². The Morgan fingerprint density at radius 2 is 1.86 bits per heavy atom. The molecule has 0 aliphatic carbocycles. The predicted octanol–water partition coefficient (Wildman–Crippen LogP) is 3.05. The van der Waals surface area contributed by atoms with Gasteiger partial charge >= 0.3 is 0 Å². The van der Waals surface area contributed by atoms with Gasteiger partial charge in [-0.3, -0.25) is 0 Å². The lowest BCUT2D eigenvalue weighted by Crippen LogP contribution is -2.11. The number of hydrogen-bond acceptors (Lipinski definition) is 4. The molecule has 0 saturated carbocycles. The molecule has 0 aliphatic rings. The van der Waals surface area contributed by atoms with Crippen LogP contribution in [0.3, 0.4) is 0 Å². The molecule has 0 aliphatic heterocycles. The van der Waals surface area contributed by atoms with Crippen LogP contribution >= 0.6 is 0 Å². The molecule has 1 atom stereocenters. The second kappa shape index (κ2) is 8.41. The summed E-state index contributed by atoms with van der Waals surface area (Å²) in [5.74, 6) is 1.37. The molecule has 2 aromatic rings. The number of rotatable bonds is 8. The first-order chi connectivity index (χ1) is 10.7. The summed E-state index contributed by atoms with van der Waals surface area (Å²) in [5.41, 5.74) is 8.20. The molecule has 0 spiro atoms. The van der Waals surface area contributed by atoms with Crippen molar-refractivity contribution in [1.82, 2.24) is 0 Å². The molecule has 2 aromatic carbocycles. The monoisotopic (exact) mass is 301 g/mol. The van der Waals surface area contributed by atoms with E-state index in [9.17, 15) is 0 Å². The number of nitrogens with two attached hydrogens (primary N) is 1. The van der Waals surface area contributed by atoms with Gasteiger partial charge in [0.25, 0.3) is 0 Å². The van der Waals surface area contributed by atoms with E-state index < -0.39 is 0 Å². The molecule has 0 saturated heterocycles. The zero-order valence-electron chi connectivity index (χ0n) is 12.9. The lowest BCUT2D eigenvalue weighted by Gasteiger charge is -2.15. The van der Waals surface area contributed by atoms with Crippen molar-refractivity contribution < 1.29 is 14.6 Å². The average molecular weight is 301 g/mol. The fourth-order valence-electron chi connectivity index (χ4n) is 2.25. The van der Waals surface area contributed by atoms with Crippen LogP contribution in [0.4, 0.5) is 0 Å². The maximum Gasteiger partial charge on any atom is 0.161 e. The summed E-state index contributed by atoms with van der Waals surface area (Å²) in [4.78, 5) is 0. The molecule has 0 aromatic heterocycles. The number of aliphatic hydroxyl groups excluding tert-OH is 1. The van der Waals surface area contributed by atoms with Gasteiger partial charge in [0.1, 0.15) is 6.61 Å². The summed E-state index contributed by atoms with van der Waals surface area (Å²) in [6, 6.07) is 15.6. The highest BCUT2D eigenvalue weighted by molar-refractivity contribution is 5.44. The van der Waals surface area contributed by atoms with Crippen molar-refractivity contribution in [3.8, 4) is 11.5 Å². The molecule has 3 N–H and O–H groups in total. The Hall–Kier alpha value is -2.04. The van der Waals surface area contributed by atoms with Crippen LogP contribution < -0.4 is 15.2 Å². The highest BCUT2D eigenvalue weighted by Gasteiger charge is 2.11. The first-order valence-electron chi connectivity index (χ1n) is 7.45. The normalized spacial score (nSPS) is 12.0. The van der Waals surface area contributed by atoms with E-state index in [0.29, 0.717) is 24.5 Å². The number of benzene rings is 2. The summed E-state index contributed by atoms with van der Waals surface area (Å²) in [7, 11) is 1.62. The largest absolute Gasteiger partial charge is 0.493 e. The Bertz CT molecular complexity index is 572. The van der Waals surface area contributed by atoms with Crippen LogP contribution in [0.25, 0.3) is 0 Å². The second-order valence-electron chi connectivity index (χ2n) is 5.16. The van der Waals surface area contributed by atoms with Gasteiger partial charge in [0.2, 0.25) is 0 Å². The quantitative estimate of drug-likeness (QED) is 0.786. The third-order valence-corrected chi connectivity index (χ3v) is 3.53. The van der Waals surface area contributed by atoms with Gasteiger partial charge in [-0.2, -0.15) is 0 Å². The third-order valence-electron chi connectivity index (χ3n) is 3.53. The maximum atomic E-state index is 8.88. The molecule has 118 valence electrons. The third kappa shape index (κ3) is 4.48. The second-order valence-corrected chi connectivity index (χ2v) is 5.16. The Balaban J connectivity index is 2.05. The van der Waals surface area contributed by atoms with E-state index in [1.54, 1.807) is 7.11 Å². The van der Waals surface area contributed by atoms with Gasteiger partial charge in [0.05, 0.1) is 7.11 Å². The van der Waals surface area contributed by atoms with E-state index >= 15 is 0 Å². The Labute approximate surface area is 131 Å². The molecule has 0 radical (unpaired) electrons. The highest BCUT2D eigenvalue weighted by atomic mass is 16.5. The Morgan fingerprint density at radius 3 is 2.55 bits per heavy atom. The minimum atomic E-state index is -0.107. The fraction of sp³-hybridized carbons (Fsp3) is 0.333. The lowest BCUT2D eigenvalue weighted by molar-refractivity contribution is 0.279. The molecular formula is C18H23NO3. The van der Waals surface area contributed by atoms with E-state index in [-0.39, 0.29) is 12.6 Å². The van der Waals surface area contributed by atoms with Gasteiger partial charge in [-0.05, 0) is 36.1 Å². The van der Waals surface area contributed by atoms with Crippen LogP contribution in [0.15, 0.2) is 48.5 Å². The van der Waals surface area contributed by atoms with Gasteiger partial charge in [0, 0.05) is 12.6 Å². The number of methoxy groups -OCH3 is 1. The summed E-state index contributed by atoms with van der Waals surface area (Å²) >= 11 is 0. The van der Waals surface area contributed by atoms with Gasteiger partial charge in [-0.25, -0.2) is 0 Å². The lowest BCUT2D eigenvalue weighted by atomic mass is 10.0. The fourth-order valence-corrected chi connectivity index (χ4v) is 2.25. The highest BCUT2D eigenvalue weighted by Crippen LogP contribution is 2.31. The van der Waals surface area contributed by atoms with E-state index in [1.807, 2.05) is 48.5 Å². The van der Waals surface area contributed by atoms with Gasteiger partial charge in [-0.1, -0.05) is 36.4 Å². The first-order valence-corrected chi connectivity index (χ1v) is 7.45. The molecular weight excluding hydrogens is 278 g/mol. The SMILES string of the molecule is COc1cc([C@H](N)CCCO)ccc1OCc1ccccc1. The molecule has 22 heavy (non-hydrogen) atoms. The zero-order chi connectivity index (χ0) is 15.8. The first kappa shape index (κ1) is 16.3.